The molecule has 0 radical (unpaired) electrons. The Kier molecular flexibility index (Phi) is 5.00. The van der Waals surface area contributed by atoms with Gasteiger partial charge in [-0.2, -0.15) is 0 Å². The summed E-state index contributed by atoms with van der Waals surface area (Å²) in [4.78, 5) is 26.1. The fourth-order valence-electron chi connectivity index (χ4n) is 2.91. The number of carbonyl (C=O) groups excluding carboxylic acids is 2. The molecule has 4 heteroatoms. The third kappa shape index (κ3) is 3.58. The predicted octanol–water partition coefficient (Wildman–Crippen LogP) is 2.14. The Bertz CT molecular complexity index is 364. The quantitative estimate of drug-likeness (QED) is 0.580. The van der Waals surface area contributed by atoms with Gasteiger partial charge in [0.1, 0.15) is 0 Å². The standard InChI is InChI=1S/C15H23NO3/c1-2-19-15(18)13-9-6-10-16(11-13)14(17)12-7-4-3-5-8-12/h3-4,12-13H,2,5-11H2,1H3/t12?,13-/m1/s1. The first kappa shape index (κ1) is 14.1. The molecule has 2 rings (SSSR count). The number of nitrogens with zero attached hydrogens (tertiary/aromatic N) is 1. The van der Waals surface area contributed by atoms with Gasteiger partial charge < -0.3 is 9.64 Å². The second kappa shape index (κ2) is 6.73. The Labute approximate surface area is 114 Å². The van der Waals surface area contributed by atoms with Gasteiger partial charge in [0.05, 0.1) is 12.5 Å². The molecule has 19 heavy (non-hydrogen) atoms. The Morgan fingerprint density at radius 3 is 2.79 bits per heavy atom. The maximum Gasteiger partial charge on any atom is 0.310 e. The van der Waals surface area contributed by atoms with Crippen LogP contribution in [0.25, 0.3) is 0 Å². The van der Waals surface area contributed by atoms with Gasteiger partial charge in [0.2, 0.25) is 5.91 Å². The van der Waals surface area contributed by atoms with E-state index in [9.17, 15) is 9.59 Å². The van der Waals surface area contributed by atoms with Crippen LogP contribution in [0.1, 0.15) is 39.0 Å². The van der Waals surface area contributed by atoms with E-state index in [0.29, 0.717) is 13.2 Å². The van der Waals surface area contributed by atoms with Crippen LogP contribution in [0.3, 0.4) is 0 Å². The molecule has 2 aliphatic rings. The molecule has 106 valence electrons. The number of allylic oxidation sites excluding steroid dienone is 2. The summed E-state index contributed by atoms with van der Waals surface area (Å²) in [5.41, 5.74) is 0. The maximum absolute atomic E-state index is 12.4. The van der Waals surface area contributed by atoms with E-state index in [4.69, 9.17) is 4.74 Å². The van der Waals surface area contributed by atoms with Crippen molar-refractivity contribution < 1.29 is 14.3 Å². The molecular formula is C15H23NO3. The molecule has 1 aliphatic heterocycles. The lowest BCUT2D eigenvalue weighted by Crippen LogP contribution is -2.45. The first-order valence-electron chi connectivity index (χ1n) is 7.32. The van der Waals surface area contributed by atoms with Crippen molar-refractivity contribution in [2.24, 2.45) is 11.8 Å². The fourth-order valence-corrected chi connectivity index (χ4v) is 2.91. The number of carbonyl (C=O) groups is 2. The van der Waals surface area contributed by atoms with Crippen molar-refractivity contribution in [2.75, 3.05) is 19.7 Å². The summed E-state index contributed by atoms with van der Waals surface area (Å²) in [6, 6.07) is 0. The van der Waals surface area contributed by atoms with Crippen LogP contribution >= 0.6 is 0 Å². The molecule has 0 aromatic carbocycles. The SMILES string of the molecule is CCOC(=O)[C@@H]1CCCN(C(=O)C2CC=CCC2)C1. The molecule has 0 aromatic heterocycles. The van der Waals surface area contributed by atoms with E-state index in [1.165, 1.54) is 0 Å². The second-order valence-corrected chi connectivity index (χ2v) is 5.36. The first-order valence-corrected chi connectivity index (χ1v) is 7.32. The van der Waals surface area contributed by atoms with E-state index in [1.807, 2.05) is 11.8 Å². The molecule has 1 fully saturated rings. The number of esters is 1. The smallest absolute Gasteiger partial charge is 0.310 e. The van der Waals surface area contributed by atoms with Gasteiger partial charge in [0.25, 0.3) is 0 Å². The highest BCUT2D eigenvalue weighted by molar-refractivity contribution is 5.80. The number of hydrogen-bond acceptors (Lipinski definition) is 3. The molecule has 1 aliphatic carbocycles. The zero-order valence-electron chi connectivity index (χ0n) is 11.6. The van der Waals surface area contributed by atoms with Gasteiger partial charge in [-0.3, -0.25) is 9.59 Å². The Hall–Kier alpha value is -1.32. The minimum Gasteiger partial charge on any atom is -0.466 e. The number of hydrogen-bond donors (Lipinski definition) is 0. The summed E-state index contributed by atoms with van der Waals surface area (Å²) in [5.74, 6) is 0.0598. The summed E-state index contributed by atoms with van der Waals surface area (Å²) in [6.07, 6.45) is 8.76. The zero-order chi connectivity index (χ0) is 13.7. The second-order valence-electron chi connectivity index (χ2n) is 5.36. The van der Waals surface area contributed by atoms with Gasteiger partial charge in [-0.05, 0) is 39.0 Å². The number of piperidine rings is 1. The normalized spacial score (nSPS) is 27.1. The minimum atomic E-state index is -0.150. The summed E-state index contributed by atoms with van der Waals surface area (Å²) in [5, 5.41) is 0. The average Bonchev–Trinajstić information content (AvgIpc) is 2.48. The lowest BCUT2D eigenvalue weighted by molar-refractivity contribution is -0.152. The van der Waals surface area contributed by atoms with Crippen molar-refractivity contribution in [2.45, 2.75) is 39.0 Å². The van der Waals surface area contributed by atoms with Crippen molar-refractivity contribution in [1.29, 1.82) is 0 Å². The van der Waals surface area contributed by atoms with Gasteiger partial charge in [-0.25, -0.2) is 0 Å². The number of likely N-dealkylation sites (tertiary alicyclic amines) is 1. The number of amides is 1. The fraction of sp³-hybridized carbons (Fsp3) is 0.733. The molecule has 0 N–H and O–H groups in total. The van der Waals surface area contributed by atoms with Crippen LogP contribution in [0.2, 0.25) is 0 Å². The van der Waals surface area contributed by atoms with Gasteiger partial charge in [0.15, 0.2) is 0 Å². The van der Waals surface area contributed by atoms with Crippen molar-refractivity contribution >= 4 is 11.9 Å². The van der Waals surface area contributed by atoms with E-state index >= 15 is 0 Å². The van der Waals surface area contributed by atoms with E-state index in [-0.39, 0.29) is 23.7 Å². The van der Waals surface area contributed by atoms with Crippen LogP contribution in [0, 0.1) is 11.8 Å². The summed E-state index contributed by atoms with van der Waals surface area (Å²) in [7, 11) is 0. The van der Waals surface area contributed by atoms with E-state index in [1.54, 1.807) is 0 Å². The lowest BCUT2D eigenvalue weighted by atomic mass is 9.91. The van der Waals surface area contributed by atoms with Gasteiger partial charge in [0, 0.05) is 19.0 Å². The largest absolute Gasteiger partial charge is 0.466 e. The van der Waals surface area contributed by atoms with Crippen LogP contribution in [0.4, 0.5) is 0 Å². The summed E-state index contributed by atoms with van der Waals surface area (Å²) < 4.78 is 5.07. The highest BCUT2D eigenvalue weighted by Gasteiger charge is 2.32. The highest BCUT2D eigenvalue weighted by atomic mass is 16.5. The van der Waals surface area contributed by atoms with E-state index < -0.39 is 0 Å². The molecule has 1 amide bonds. The summed E-state index contributed by atoms with van der Waals surface area (Å²) >= 11 is 0. The molecule has 0 spiro atoms. The van der Waals surface area contributed by atoms with Crippen molar-refractivity contribution in [3.8, 4) is 0 Å². The molecule has 4 nitrogen and oxygen atoms in total. The number of ether oxygens (including phenoxy) is 1. The first-order chi connectivity index (χ1) is 9.22. The van der Waals surface area contributed by atoms with Crippen LogP contribution in [-0.2, 0) is 14.3 Å². The number of rotatable bonds is 3. The topological polar surface area (TPSA) is 46.6 Å². The minimum absolute atomic E-state index is 0.117. The van der Waals surface area contributed by atoms with Crippen LogP contribution in [0.15, 0.2) is 12.2 Å². The lowest BCUT2D eigenvalue weighted by Gasteiger charge is -2.34. The maximum atomic E-state index is 12.4. The highest BCUT2D eigenvalue weighted by Crippen LogP contribution is 2.24. The molecule has 1 heterocycles. The van der Waals surface area contributed by atoms with Crippen molar-refractivity contribution in [3.05, 3.63) is 12.2 Å². The Morgan fingerprint density at radius 1 is 1.26 bits per heavy atom. The van der Waals surface area contributed by atoms with Gasteiger partial charge in [-0.1, -0.05) is 12.2 Å². The van der Waals surface area contributed by atoms with Gasteiger partial charge >= 0.3 is 5.97 Å². The predicted molar refractivity (Wildman–Crippen MR) is 72.4 cm³/mol. The van der Waals surface area contributed by atoms with Crippen LogP contribution in [-0.4, -0.2) is 36.5 Å². The molecule has 0 aromatic rings. The zero-order valence-corrected chi connectivity index (χ0v) is 11.6. The molecule has 0 bridgehead atoms. The van der Waals surface area contributed by atoms with Crippen molar-refractivity contribution in [1.82, 2.24) is 4.90 Å². The average molecular weight is 265 g/mol. The molecule has 0 saturated carbocycles. The van der Waals surface area contributed by atoms with Crippen molar-refractivity contribution in [3.63, 3.8) is 0 Å². The summed E-state index contributed by atoms with van der Waals surface area (Å²) in [6.45, 7) is 3.56. The molecular weight excluding hydrogens is 242 g/mol. The van der Waals surface area contributed by atoms with Gasteiger partial charge in [-0.15, -0.1) is 0 Å². The van der Waals surface area contributed by atoms with Crippen LogP contribution < -0.4 is 0 Å². The Morgan fingerprint density at radius 2 is 2.11 bits per heavy atom. The Balaban J connectivity index is 1.91. The third-order valence-corrected chi connectivity index (χ3v) is 3.97. The van der Waals surface area contributed by atoms with Crippen LogP contribution in [0.5, 0.6) is 0 Å². The van der Waals surface area contributed by atoms with E-state index in [0.717, 1.165) is 38.6 Å². The molecule has 1 saturated heterocycles. The monoisotopic (exact) mass is 265 g/mol. The molecule has 1 unspecified atom stereocenters. The van der Waals surface area contributed by atoms with E-state index in [2.05, 4.69) is 12.2 Å². The third-order valence-electron chi connectivity index (χ3n) is 3.97. The molecule has 2 atom stereocenters.